The molecule has 2 aliphatic rings. The highest BCUT2D eigenvalue weighted by atomic mass is 32.1. The number of hydrogen-bond acceptors (Lipinski definition) is 6. The summed E-state index contributed by atoms with van der Waals surface area (Å²) in [4.78, 5) is 42.8. The number of carboxylic acids is 1. The SMILES string of the molecule is CC(=O)NCc1ncn2cc(C3=C(C(=O)O)N4C(=O)[C@@H](CCO)[C@H]4[C@H]3C)sc12. The van der Waals surface area contributed by atoms with Crippen molar-refractivity contribution in [1.29, 1.82) is 0 Å². The fourth-order valence-electron chi connectivity index (χ4n) is 4.21. The van der Waals surface area contributed by atoms with Crippen molar-refractivity contribution in [3.05, 3.63) is 28.8 Å². The zero-order chi connectivity index (χ0) is 20.2. The van der Waals surface area contributed by atoms with E-state index >= 15 is 0 Å². The van der Waals surface area contributed by atoms with Crippen molar-refractivity contribution in [3.63, 3.8) is 0 Å². The number of nitrogens with zero attached hydrogens (tertiary/aromatic N) is 3. The quantitative estimate of drug-likeness (QED) is 0.609. The highest BCUT2D eigenvalue weighted by Gasteiger charge is 2.58. The van der Waals surface area contributed by atoms with Gasteiger partial charge in [0.25, 0.3) is 0 Å². The summed E-state index contributed by atoms with van der Waals surface area (Å²) in [6.07, 6.45) is 3.78. The number of aliphatic carboxylic acids is 1. The summed E-state index contributed by atoms with van der Waals surface area (Å²) in [7, 11) is 0. The Morgan fingerprint density at radius 1 is 1.39 bits per heavy atom. The number of amides is 2. The van der Waals surface area contributed by atoms with Gasteiger partial charge in [0.2, 0.25) is 11.8 Å². The molecule has 3 atom stereocenters. The van der Waals surface area contributed by atoms with Crippen molar-refractivity contribution in [1.82, 2.24) is 19.6 Å². The summed E-state index contributed by atoms with van der Waals surface area (Å²) >= 11 is 1.39. The lowest BCUT2D eigenvalue weighted by atomic mass is 9.79. The molecule has 2 aliphatic heterocycles. The van der Waals surface area contributed by atoms with Crippen LogP contribution in [0.4, 0.5) is 0 Å². The van der Waals surface area contributed by atoms with Crippen molar-refractivity contribution in [3.8, 4) is 0 Å². The van der Waals surface area contributed by atoms with Crippen molar-refractivity contribution >= 4 is 39.5 Å². The van der Waals surface area contributed by atoms with Crippen LogP contribution in [-0.4, -0.2) is 54.9 Å². The molecule has 0 bridgehead atoms. The lowest BCUT2D eigenvalue weighted by Crippen LogP contribution is -2.60. The van der Waals surface area contributed by atoms with Crippen LogP contribution in [0, 0.1) is 11.8 Å². The average Bonchev–Trinajstić information content (AvgIpc) is 3.27. The van der Waals surface area contributed by atoms with Gasteiger partial charge in [-0.15, -0.1) is 11.3 Å². The largest absolute Gasteiger partial charge is 0.477 e. The number of aliphatic hydroxyl groups is 1. The number of fused-ring (bicyclic) bond motifs is 2. The number of imidazole rings is 1. The number of aromatic nitrogens is 2. The maximum absolute atomic E-state index is 12.5. The number of carbonyl (C=O) groups is 3. The Morgan fingerprint density at radius 2 is 2.14 bits per heavy atom. The highest BCUT2D eigenvalue weighted by molar-refractivity contribution is 7.18. The number of carbonyl (C=O) groups excluding carboxylic acids is 2. The molecule has 0 saturated carbocycles. The molecular formula is C18H20N4O5S. The predicted molar refractivity (Wildman–Crippen MR) is 100 cm³/mol. The second-order valence-corrected chi connectivity index (χ2v) is 8.11. The fourth-order valence-corrected chi connectivity index (χ4v) is 5.43. The first-order valence-corrected chi connectivity index (χ1v) is 9.78. The van der Waals surface area contributed by atoms with Gasteiger partial charge >= 0.3 is 5.97 Å². The molecule has 148 valence electrons. The smallest absolute Gasteiger partial charge is 0.352 e. The topological polar surface area (TPSA) is 124 Å². The van der Waals surface area contributed by atoms with E-state index in [0.29, 0.717) is 17.7 Å². The van der Waals surface area contributed by atoms with Crippen LogP contribution in [0.2, 0.25) is 0 Å². The Balaban J connectivity index is 1.74. The van der Waals surface area contributed by atoms with Gasteiger partial charge in [-0.05, 0) is 6.42 Å². The molecule has 2 amide bonds. The minimum absolute atomic E-state index is 0.0255. The molecule has 0 aliphatic carbocycles. The van der Waals surface area contributed by atoms with Crippen molar-refractivity contribution in [2.75, 3.05) is 6.61 Å². The molecule has 10 heteroatoms. The first kappa shape index (κ1) is 18.6. The lowest BCUT2D eigenvalue weighted by molar-refractivity contribution is -0.157. The average molecular weight is 404 g/mol. The first-order valence-electron chi connectivity index (χ1n) is 8.96. The third kappa shape index (κ3) is 2.63. The van der Waals surface area contributed by atoms with Gasteiger partial charge in [0.1, 0.15) is 16.9 Å². The standard InChI is InChI=1S/C18H20N4O5S/c1-8-13(15(18(26)27)22-14(8)10(3-4-23)16(22)25)12-6-21-7-20-11(17(21)28-12)5-19-9(2)24/h6-8,10,14,23H,3-5H2,1-2H3,(H,19,24)(H,26,27)/t8-,10-,14+/m0/s1. The van der Waals surface area contributed by atoms with Gasteiger partial charge < -0.3 is 20.4 Å². The van der Waals surface area contributed by atoms with Crippen molar-refractivity contribution in [2.24, 2.45) is 11.8 Å². The number of nitrogens with one attached hydrogen (secondary N) is 1. The van der Waals surface area contributed by atoms with Crippen LogP contribution in [0.5, 0.6) is 0 Å². The summed E-state index contributed by atoms with van der Waals surface area (Å²) in [6.45, 7) is 3.54. The number of hydrogen-bond donors (Lipinski definition) is 3. The van der Waals surface area contributed by atoms with E-state index in [1.807, 2.05) is 13.1 Å². The summed E-state index contributed by atoms with van der Waals surface area (Å²) in [5, 5.41) is 21.7. The minimum Gasteiger partial charge on any atom is -0.477 e. The third-order valence-corrected chi connectivity index (χ3v) is 6.61. The molecule has 1 fully saturated rings. The van der Waals surface area contributed by atoms with Crippen LogP contribution >= 0.6 is 11.3 Å². The number of β-lactam (4-membered cyclic amide) rings is 1. The van der Waals surface area contributed by atoms with Crippen LogP contribution < -0.4 is 5.32 Å². The van der Waals surface area contributed by atoms with E-state index in [-0.39, 0.29) is 48.5 Å². The molecule has 2 aromatic rings. The Labute approximate surface area is 164 Å². The van der Waals surface area contributed by atoms with Gasteiger partial charge in [-0.2, -0.15) is 0 Å². The van der Waals surface area contributed by atoms with E-state index in [1.165, 1.54) is 23.2 Å². The molecule has 2 aromatic heterocycles. The highest BCUT2D eigenvalue weighted by Crippen LogP contribution is 2.51. The minimum atomic E-state index is -1.13. The molecule has 0 unspecified atom stereocenters. The van der Waals surface area contributed by atoms with Gasteiger partial charge in [0, 0.05) is 31.2 Å². The van der Waals surface area contributed by atoms with E-state index in [0.717, 1.165) is 9.71 Å². The van der Waals surface area contributed by atoms with E-state index in [1.54, 1.807) is 10.7 Å². The molecule has 3 N–H and O–H groups in total. The van der Waals surface area contributed by atoms with Crippen LogP contribution in [0.3, 0.4) is 0 Å². The summed E-state index contributed by atoms with van der Waals surface area (Å²) in [5.74, 6) is -2.04. The van der Waals surface area contributed by atoms with Gasteiger partial charge in [0.05, 0.1) is 29.1 Å². The molecule has 28 heavy (non-hydrogen) atoms. The molecule has 4 rings (SSSR count). The lowest BCUT2D eigenvalue weighted by Gasteiger charge is -2.45. The normalized spacial score (nSPS) is 23.9. The van der Waals surface area contributed by atoms with Crippen LogP contribution in [0.25, 0.3) is 10.4 Å². The van der Waals surface area contributed by atoms with E-state index < -0.39 is 5.97 Å². The number of thiazole rings is 1. The van der Waals surface area contributed by atoms with Gasteiger partial charge in [-0.3, -0.25) is 14.0 Å². The summed E-state index contributed by atoms with van der Waals surface area (Å²) < 4.78 is 1.80. The van der Waals surface area contributed by atoms with Gasteiger partial charge in [-0.1, -0.05) is 6.92 Å². The predicted octanol–water partition coefficient (Wildman–Crippen LogP) is 0.687. The summed E-state index contributed by atoms with van der Waals surface area (Å²) in [6, 6.07) is -0.237. The first-order chi connectivity index (χ1) is 13.3. The van der Waals surface area contributed by atoms with E-state index in [4.69, 9.17) is 0 Å². The molecule has 0 spiro atoms. The monoisotopic (exact) mass is 404 g/mol. The number of carboxylic acid groups (broad SMARTS) is 1. The summed E-state index contributed by atoms with van der Waals surface area (Å²) in [5.41, 5.74) is 1.36. The zero-order valence-electron chi connectivity index (χ0n) is 15.4. The molecule has 4 heterocycles. The Hall–Kier alpha value is -2.72. The van der Waals surface area contributed by atoms with Gasteiger partial charge in [-0.25, -0.2) is 9.78 Å². The molecule has 9 nitrogen and oxygen atoms in total. The van der Waals surface area contributed by atoms with Crippen LogP contribution in [-0.2, 0) is 20.9 Å². The maximum atomic E-state index is 12.5. The van der Waals surface area contributed by atoms with Gasteiger partial charge in [0.15, 0.2) is 0 Å². The van der Waals surface area contributed by atoms with Crippen LogP contribution in [0.15, 0.2) is 18.2 Å². The molecule has 1 saturated heterocycles. The van der Waals surface area contributed by atoms with E-state index in [2.05, 4.69) is 10.3 Å². The second kappa shape index (κ2) is 6.71. The Bertz CT molecular complexity index is 1020. The number of rotatable bonds is 6. The van der Waals surface area contributed by atoms with Crippen LogP contribution in [0.1, 0.15) is 30.8 Å². The third-order valence-electron chi connectivity index (χ3n) is 5.42. The fraction of sp³-hybridized carbons (Fsp3) is 0.444. The maximum Gasteiger partial charge on any atom is 0.352 e. The molecular weight excluding hydrogens is 384 g/mol. The zero-order valence-corrected chi connectivity index (χ0v) is 16.2. The Morgan fingerprint density at radius 3 is 2.79 bits per heavy atom. The second-order valence-electron chi connectivity index (χ2n) is 7.08. The van der Waals surface area contributed by atoms with E-state index in [9.17, 15) is 24.6 Å². The molecule has 0 aromatic carbocycles. The molecule has 0 radical (unpaired) electrons. The Kier molecular flexibility index (Phi) is 4.47. The van der Waals surface area contributed by atoms with Crippen molar-refractivity contribution in [2.45, 2.75) is 32.9 Å². The number of aliphatic hydroxyl groups excluding tert-OH is 1. The van der Waals surface area contributed by atoms with Crippen molar-refractivity contribution < 1.29 is 24.6 Å².